The molecule has 0 fully saturated rings. The minimum absolute atomic E-state index is 0.242. The molecule has 0 spiro atoms. The fourth-order valence-corrected chi connectivity index (χ4v) is 0.282. The molecule has 0 amide bonds. The monoisotopic (exact) mass is 131 g/mol. The second-order valence-corrected chi connectivity index (χ2v) is 1.60. The Morgan fingerprint density at radius 1 is 1.88 bits per heavy atom. The van der Waals surface area contributed by atoms with Crippen LogP contribution < -0.4 is 16.6 Å². The molecule has 0 aliphatic heterocycles. The zero-order chi connectivity index (χ0) is 6.41. The molecule has 8 heavy (non-hydrogen) atoms. The number of hydrazine groups is 1. The van der Waals surface area contributed by atoms with Gasteiger partial charge in [-0.2, -0.15) is 0 Å². The highest BCUT2D eigenvalue weighted by Gasteiger charge is 1.78. The first kappa shape index (κ1) is 7.39. The second kappa shape index (κ2) is 4.55. The van der Waals surface area contributed by atoms with E-state index in [2.05, 4.69) is 29.6 Å². The Hall–Kier alpha value is -0.610. The number of nitrogens with two attached hydrogens (primary N) is 1. The average molecular weight is 131 g/mol. The number of rotatable bonds is 3. The molecule has 0 saturated carbocycles. The zero-order valence-corrected chi connectivity index (χ0v) is 5.29. The molecule has 46 valence electrons. The summed E-state index contributed by atoms with van der Waals surface area (Å²) in [6.07, 6.45) is 1.70. The van der Waals surface area contributed by atoms with Crippen LogP contribution in [0.4, 0.5) is 0 Å². The van der Waals surface area contributed by atoms with Crippen molar-refractivity contribution in [1.82, 2.24) is 10.9 Å². The van der Waals surface area contributed by atoms with E-state index in [1.54, 1.807) is 6.08 Å². The summed E-state index contributed by atoms with van der Waals surface area (Å²) in [5.74, 6) is 0. The molecule has 0 aliphatic rings. The van der Waals surface area contributed by atoms with Gasteiger partial charge in [-0.1, -0.05) is 6.08 Å². The van der Waals surface area contributed by atoms with Crippen LogP contribution in [-0.4, -0.2) is 11.7 Å². The summed E-state index contributed by atoms with van der Waals surface area (Å²) >= 11 is 4.48. The molecule has 0 bridgehead atoms. The minimum Gasteiger partial charge on any atom is -0.375 e. The smallest absolute Gasteiger partial charge is 0.178 e. The molecule has 0 saturated heterocycles. The van der Waals surface area contributed by atoms with Gasteiger partial charge in [0.25, 0.3) is 0 Å². The Kier molecular flexibility index (Phi) is 4.20. The van der Waals surface area contributed by atoms with Gasteiger partial charge in [-0.05, 0) is 12.2 Å². The SMILES string of the molecule is C=CCNNC(N)=S. The molecular weight excluding hydrogens is 122 g/mol. The van der Waals surface area contributed by atoms with Gasteiger partial charge in [-0.3, -0.25) is 5.43 Å². The predicted octanol–water partition coefficient (Wildman–Crippen LogP) is -0.490. The molecule has 0 heterocycles. The van der Waals surface area contributed by atoms with Crippen LogP contribution in [0.3, 0.4) is 0 Å². The van der Waals surface area contributed by atoms with Crippen molar-refractivity contribution < 1.29 is 0 Å². The zero-order valence-electron chi connectivity index (χ0n) is 4.48. The molecule has 0 aromatic heterocycles. The number of nitrogens with one attached hydrogen (secondary N) is 2. The Labute approximate surface area is 53.9 Å². The van der Waals surface area contributed by atoms with Crippen molar-refractivity contribution in [2.24, 2.45) is 5.73 Å². The van der Waals surface area contributed by atoms with E-state index >= 15 is 0 Å². The van der Waals surface area contributed by atoms with Crippen molar-refractivity contribution in [1.29, 1.82) is 0 Å². The first-order valence-electron chi connectivity index (χ1n) is 2.16. The summed E-state index contributed by atoms with van der Waals surface area (Å²) in [5.41, 5.74) is 10.3. The summed E-state index contributed by atoms with van der Waals surface area (Å²) in [7, 11) is 0. The van der Waals surface area contributed by atoms with Crippen LogP contribution in [0.2, 0.25) is 0 Å². The first-order chi connectivity index (χ1) is 3.77. The highest BCUT2D eigenvalue weighted by Crippen LogP contribution is 1.54. The number of hydrogen-bond donors (Lipinski definition) is 3. The van der Waals surface area contributed by atoms with E-state index in [1.165, 1.54) is 0 Å². The molecule has 0 aromatic carbocycles. The van der Waals surface area contributed by atoms with E-state index in [1.807, 2.05) is 0 Å². The third kappa shape index (κ3) is 5.39. The Morgan fingerprint density at radius 2 is 2.50 bits per heavy atom. The molecule has 0 aliphatic carbocycles. The highest BCUT2D eigenvalue weighted by molar-refractivity contribution is 7.80. The van der Waals surface area contributed by atoms with Crippen LogP contribution in [-0.2, 0) is 0 Å². The summed E-state index contributed by atoms with van der Waals surface area (Å²) < 4.78 is 0. The lowest BCUT2D eigenvalue weighted by Crippen LogP contribution is -2.40. The lowest BCUT2D eigenvalue weighted by Gasteiger charge is -2.00. The van der Waals surface area contributed by atoms with Gasteiger partial charge in [0, 0.05) is 6.54 Å². The van der Waals surface area contributed by atoms with Crippen LogP contribution in [0.1, 0.15) is 0 Å². The van der Waals surface area contributed by atoms with Crippen LogP contribution in [0, 0.1) is 0 Å². The van der Waals surface area contributed by atoms with Crippen molar-refractivity contribution in [3.05, 3.63) is 12.7 Å². The standard InChI is InChI=1S/C4H9N3S/c1-2-3-6-7-4(5)8/h2,6H,1,3H2,(H3,5,7,8). The van der Waals surface area contributed by atoms with Crippen molar-refractivity contribution in [2.45, 2.75) is 0 Å². The third-order valence-electron chi connectivity index (χ3n) is 0.458. The second-order valence-electron chi connectivity index (χ2n) is 1.16. The Morgan fingerprint density at radius 3 is 2.88 bits per heavy atom. The van der Waals surface area contributed by atoms with Gasteiger partial charge in [0.05, 0.1) is 0 Å². The van der Waals surface area contributed by atoms with Gasteiger partial charge < -0.3 is 5.73 Å². The van der Waals surface area contributed by atoms with Crippen LogP contribution in [0.25, 0.3) is 0 Å². The van der Waals surface area contributed by atoms with Gasteiger partial charge in [0.2, 0.25) is 0 Å². The molecule has 4 N–H and O–H groups in total. The highest BCUT2D eigenvalue weighted by atomic mass is 32.1. The van der Waals surface area contributed by atoms with Crippen molar-refractivity contribution in [3.63, 3.8) is 0 Å². The van der Waals surface area contributed by atoms with Crippen LogP contribution >= 0.6 is 12.2 Å². The van der Waals surface area contributed by atoms with E-state index in [0.29, 0.717) is 6.54 Å². The molecule has 4 heteroatoms. The van der Waals surface area contributed by atoms with E-state index in [9.17, 15) is 0 Å². The summed E-state index contributed by atoms with van der Waals surface area (Å²) in [4.78, 5) is 0. The van der Waals surface area contributed by atoms with Crippen LogP contribution in [0.15, 0.2) is 12.7 Å². The van der Waals surface area contributed by atoms with Gasteiger partial charge in [0.1, 0.15) is 0 Å². The van der Waals surface area contributed by atoms with Crippen molar-refractivity contribution in [2.75, 3.05) is 6.54 Å². The molecule has 0 atom stereocenters. The van der Waals surface area contributed by atoms with Gasteiger partial charge in [-0.15, -0.1) is 6.58 Å². The van der Waals surface area contributed by atoms with Crippen LogP contribution in [0.5, 0.6) is 0 Å². The number of thiocarbonyl (C=S) groups is 1. The maximum Gasteiger partial charge on any atom is 0.178 e. The Bertz CT molecular complexity index is 91.3. The molecule has 3 nitrogen and oxygen atoms in total. The molecule has 0 radical (unpaired) electrons. The van der Waals surface area contributed by atoms with E-state index in [-0.39, 0.29) is 5.11 Å². The molecule has 0 aromatic rings. The van der Waals surface area contributed by atoms with Crippen molar-refractivity contribution in [3.8, 4) is 0 Å². The van der Waals surface area contributed by atoms with Gasteiger partial charge >= 0.3 is 0 Å². The van der Waals surface area contributed by atoms with Gasteiger partial charge in [-0.25, -0.2) is 5.43 Å². The van der Waals surface area contributed by atoms with E-state index in [0.717, 1.165) is 0 Å². The molecule has 0 rings (SSSR count). The maximum absolute atomic E-state index is 5.06. The quantitative estimate of drug-likeness (QED) is 0.209. The lowest BCUT2D eigenvalue weighted by molar-refractivity contribution is 0.718. The van der Waals surface area contributed by atoms with E-state index in [4.69, 9.17) is 5.73 Å². The fourth-order valence-electron chi connectivity index (χ4n) is 0.210. The lowest BCUT2D eigenvalue weighted by atomic mass is 10.7. The normalized spacial score (nSPS) is 8.00. The fraction of sp³-hybridized carbons (Fsp3) is 0.250. The van der Waals surface area contributed by atoms with Gasteiger partial charge in [0.15, 0.2) is 5.11 Å². The van der Waals surface area contributed by atoms with Crippen molar-refractivity contribution >= 4 is 17.3 Å². The summed E-state index contributed by atoms with van der Waals surface area (Å²) in [6, 6.07) is 0. The molecule has 0 unspecified atom stereocenters. The van der Waals surface area contributed by atoms with E-state index < -0.39 is 0 Å². The Balaban J connectivity index is 2.93. The largest absolute Gasteiger partial charge is 0.375 e. The predicted molar refractivity (Wildman–Crippen MR) is 38.1 cm³/mol. The average Bonchev–Trinajstić information content (AvgIpc) is 1.66. The summed E-state index contributed by atoms with van der Waals surface area (Å²) in [6.45, 7) is 4.12. The summed E-state index contributed by atoms with van der Waals surface area (Å²) in [5, 5.41) is 0.242. The third-order valence-corrected chi connectivity index (χ3v) is 0.560. The molecular formula is C4H9N3S. The topological polar surface area (TPSA) is 50.1 Å². The minimum atomic E-state index is 0.242. The number of hydrogen-bond acceptors (Lipinski definition) is 2. The maximum atomic E-state index is 5.06. The first-order valence-corrected chi connectivity index (χ1v) is 2.57.